The van der Waals surface area contributed by atoms with E-state index in [0.717, 1.165) is 12.1 Å². The molecule has 8 nitrogen and oxygen atoms in total. The largest absolute Gasteiger partial charge is 0.501 e. The minimum Gasteiger partial charge on any atom is -0.479 e. The number of piperazine rings is 1. The van der Waals surface area contributed by atoms with E-state index in [1.165, 1.54) is 17.0 Å². The Labute approximate surface area is 184 Å². The normalized spacial score (nSPS) is 19.7. The Morgan fingerprint density at radius 2 is 1.72 bits per heavy atom. The van der Waals surface area contributed by atoms with Crippen LogP contribution >= 0.6 is 0 Å². The van der Waals surface area contributed by atoms with Crippen molar-refractivity contribution in [3.63, 3.8) is 0 Å². The Morgan fingerprint density at radius 1 is 1.16 bits per heavy atom. The average molecular weight is 481 g/mol. The van der Waals surface area contributed by atoms with E-state index in [9.17, 15) is 36.3 Å². The van der Waals surface area contributed by atoms with Gasteiger partial charge < -0.3 is 20.0 Å². The number of anilines is 1. The fourth-order valence-corrected chi connectivity index (χ4v) is 4.51. The van der Waals surface area contributed by atoms with Crippen LogP contribution in [0.15, 0.2) is 29.2 Å². The van der Waals surface area contributed by atoms with Crippen LogP contribution in [0.3, 0.4) is 0 Å². The van der Waals surface area contributed by atoms with Gasteiger partial charge in [-0.25, -0.2) is 13.2 Å². The van der Waals surface area contributed by atoms with Crippen molar-refractivity contribution in [3.8, 4) is 0 Å². The molecule has 1 heterocycles. The van der Waals surface area contributed by atoms with Crippen molar-refractivity contribution in [1.82, 2.24) is 4.90 Å². The van der Waals surface area contributed by atoms with Crippen LogP contribution in [0.4, 0.5) is 18.9 Å². The number of nitrogens with zero attached hydrogens (tertiary/aromatic N) is 2. The number of amides is 1. The summed E-state index contributed by atoms with van der Waals surface area (Å²) in [5.41, 5.74) is -4.89. The van der Waals surface area contributed by atoms with Crippen LogP contribution in [0.5, 0.6) is 0 Å². The molecule has 1 aliphatic rings. The molecule has 1 saturated heterocycles. The summed E-state index contributed by atoms with van der Waals surface area (Å²) in [5.74, 6) is -3.04. The smallest absolute Gasteiger partial charge is 0.479 e. The first-order chi connectivity index (χ1) is 14.7. The summed E-state index contributed by atoms with van der Waals surface area (Å²) in [6.45, 7) is 6.20. The van der Waals surface area contributed by atoms with E-state index in [0.29, 0.717) is 18.8 Å². The highest BCUT2D eigenvalue weighted by Crippen LogP contribution is 2.31. The second-order valence-corrected chi connectivity index (χ2v) is 10.2. The predicted octanol–water partition coefficient (Wildman–Crippen LogP) is 2.12. The van der Waals surface area contributed by atoms with Crippen molar-refractivity contribution in [2.24, 2.45) is 11.8 Å². The lowest BCUT2D eigenvalue weighted by atomic mass is 9.90. The number of aliphatic carboxylic acids is 1. The molecule has 0 radical (unpaired) electrons. The van der Waals surface area contributed by atoms with E-state index in [1.54, 1.807) is 11.8 Å². The maximum Gasteiger partial charge on any atom is 0.501 e. The van der Waals surface area contributed by atoms with E-state index in [2.05, 4.69) is 0 Å². The molecule has 0 spiro atoms. The molecule has 1 fully saturated rings. The number of rotatable bonds is 7. The van der Waals surface area contributed by atoms with Crippen molar-refractivity contribution in [2.45, 2.75) is 49.7 Å². The molecular formula is C20H27F3N2O6S. The Morgan fingerprint density at radius 3 is 2.16 bits per heavy atom. The lowest BCUT2D eigenvalue weighted by Gasteiger charge is -2.42. The first kappa shape index (κ1) is 25.9. The minimum atomic E-state index is -5.43. The molecule has 1 aromatic carbocycles. The lowest BCUT2D eigenvalue weighted by Crippen LogP contribution is -2.57. The second-order valence-electron chi connectivity index (χ2n) is 8.29. The van der Waals surface area contributed by atoms with Gasteiger partial charge in [0.1, 0.15) is 0 Å². The van der Waals surface area contributed by atoms with Crippen molar-refractivity contribution in [3.05, 3.63) is 24.3 Å². The molecule has 0 unspecified atom stereocenters. The SMILES string of the molecule is CC(C)C[C@H](C(=O)N1CCN(c2ccc(S(=O)(=O)C(F)(F)F)cc2)C[C@H]1C)[C@H](O)C(=O)O. The molecule has 2 rings (SSSR count). The van der Waals surface area contributed by atoms with E-state index >= 15 is 0 Å². The van der Waals surface area contributed by atoms with Crippen molar-refractivity contribution in [1.29, 1.82) is 0 Å². The summed E-state index contributed by atoms with van der Waals surface area (Å²) in [5, 5.41) is 19.2. The van der Waals surface area contributed by atoms with Gasteiger partial charge in [-0.05, 0) is 43.5 Å². The zero-order valence-electron chi connectivity index (χ0n) is 17.9. The van der Waals surface area contributed by atoms with Gasteiger partial charge in [-0.3, -0.25) is 4.79 Å². The molecule has 0 saturated carbocycles. The van der Waals surface area contributed by atoms with E-state index in [4.69, 9.17) is 5.11 Å². The molecule has 12 heteroatoms. The molecule has 1 amide bonds. The fraction of sp³-hybridized carbons (Fsp3) is 0.600. The molecule has 32 heavy (non-hydrogen) atoms. The Bertz CT molecular complexity index is 934. The fourth-order valence-electron chi connectivity index (χ4n) is 3.75. The summed E-state index contributed by atoms with van der Waals surface area (Å²) in [6.07, 6.45) is -1.62. The van der Waals surface area contributed by atoms with Gasteiger partial charge in [0.2, 0.25) is 5.91 Å². The number of benzene rings is 1. The Balaban J connectivity index is 2.14. The number of sulfone groups is 1. The quantitative estimate of drug-likeness (QED) is 0.614. The maximum absolute atomic E-state index is 13.0. The van der Waals surface area contributed by atoms with Gasteiger partial charge in [0, 0.05) is 31.4 Å². The first-order valence-electron chi connectivity index (χ1n) is 10.0. The van der Waals surface area contributed by atoms with Crippen molar-refractivity contribution < 1.29 is 41.4 Å². The topological polar surface area (TPSA) is 115 Å². The zero-order valence-corrected chi connectivity index (χ0v) is 18.7. The molecular weight excluding hydrogens is 453 g/mol. The monoisotopic (exact) mass is 480 g/mol. The van der Waals surface area contributed by atoms with Crippen LogP contribution in [0.1, 0.15) is 27.2 Å². The van der Waals surface area contributed by atoms with Gasteiger partial charge in [0.05, 0.1) is 10.8 Å². The number of carbonyl (C=O) groups is 2. The minimum absolute atomic E-state index is 0.0129. The predicted molar refractivity (Wildman–Crippen MR) is 110 cm³/mol. The molecule has 3 atom stereocenters. The number of hydrogen-bond acceptors (Lipinski definition) is 6. The van der Waals surface area contributed by atoms with Crippen LogP contribution in [0.2, 0.25) is 0 Å². The molecule has 0 aliphatic carbocycles. The van der Waals surface area contributed by atoms with E-state index in [1.807, 2.05) is 13.8 Å². The third-order valence-corrected chi connectivity index (χ3v) is 6.91. The highest BCUT2D eigenvalue weighted by Gasteiger charge is 2.47. The third-order valence-electron chi connectivity index (χ3n) is 5.40. The number of aliphatic hydroxyl groups is 1. The summed E-state index contributed by atoms with van der Waals surface area (Å²) in [4.78, 5) is 26.7. The molecule has 1 aromatic rings. The Hall–Kier alpha value is -2.34. The lowest BCUT2D eigenvalue weighted by molar-refractivity contribution is -0.158. The number of halogens is 3. The zero-order chi connectivity index (χ0) is 24.4. The van der Waals surface area contributed by atoms with Crippen LogP contribution in [0, 0.1) is 11.8 Å². The maximum atomic E-state index is 13.0. The summed E-state index contributed by atoms with van der Waals surface area (Å²) >= 11 is 0. The molecule has 0 aromatic heterocycles. The van der Waals surface area contributed by atoms with E-state index in [-0.39, 0.29) is 24.9 Å². The average Bonchev–Trinajstić information content (AvgIpc) is 2.70. The number of carboxylic acids is 1. The van der Waals surface area contributed by atoms with Crippen molar-refractivity contribution in [2.75, 3.05) is 24.5 Å². The van der Waals surface area contributed by atoms with Gasteiger partial charge in [-0.15, -0.1) is 0 Å². The van der Waals surface area contributed by atoms with Gasteiger partial charge in [-0.1, -0.05) is 13.8 Å². The summed E-state index contributed by atoms with van der Waals surface area (Å²) in [7, 11) is -5.43. The molecule has 180 valence electrons. The standard InChI is InChI=1S/C20H27F3N2O6S/c1-12(2)10-16(17(26)19(28)29)18(27)25-9-8-24(11-13(25)3)14-4-6-15(7-5-14)32(30,31)20(21,22)23/h4-7,12-13,16-17,26H,8-11H2,1-3H3,(H,28,29)/t13-,16+,17+/m1/s1. The van der Waals surface area contributed by atoms with Gasteiger partial charge in [0.15, 0.2) is 6.10 Å². The van der Waals surface area contributed by atoms with E-state index < -0.39 is 44.1 Å². The van der Waals surface area contributed by atoms with Gasteiger partial charge in [-0.2, -0.15) is 13.2 Å². The van der Waals surface area contributed by atoms with Crippen LogP contribution < -0.4 is 4.90 Å². The number of alkyl halides is 3. The highest BCUT2D eigenvalue weighted by atomic mass is 32.2. The molecule has 1 aliphatic heterocycles. The third kappa shape index (κ3) is 5.52. The first-order valence-corrected chi connectivity index (χ1v) is 11.5. The van der Waals surface area contributed by atoms with Crippen LogP contribution in [-0.2, 0) is 19.4 Å². The van der Waals surface area contributed by atoms with Gasteiger partial charge >= 0.3 is 11.5 Å². The van der Waals surface area contributed by atoms with Gasteiger partial charge in [0.25, 0.3) is 9.84 Å². The Kier molecular flexibility index (Phi) is 7.82. The summed E-state index contributed by atoms with van der Waals surface area (Å²) < 4.78 is 61.1. The highest BCUT2D eigenvalue weighted by molar-refractivity contribution is 7.92. The van der Waals surface area contributed by atoms with Crippen LogP contribution in [-0.4, -0.2) is 72.7 Å². The van der Waals surface area contributed by atoms with Crippen LogP contribution in [0.25, 0.3) is 0 Å². The molecule has 2 N–H and O–H groups in total. The number of hydrogen-bond donors (Lipinski definition) is 2. The molecule has 0 bridgehead atoms. The summed E-state index contributed by atoms with van der Waals surface area (Å²) in [6, 6.07) is 3.97. The number of carboxylic acid groups (broad SMARTS) is 1. The number of carbonyl (C=O) groups excluding carboxylic acids is 1. The number of aliphatic hydroxyl groups excluding tert-OH is 1. The van der Waals surface area contributed by atoms with Crippen molar-refractivity contribution >= 4 is 27.4 Å². The second kappa shape index (κ2) is 9.65.